The Kier molecular flexibility index (Phi) is 4.27. The number of aryl methyl sites for hydroxylation is 1. The highest BCUT2D eigenvalue weighted by Crippen LogP contribution is 2.36. The van der Waals surface area contributed by atoms with Gasteiger partial charge in [-0.2, -0.15) is 0 Å². The Morgan fingerprint density at radius 2 is 2.12 bits per heavy atom. The molecule has 1 N–H and O–H groups in total. The van der Waals surface area contributed by atoms with Crippen molar-refractivity contribution in [2.75, 3.05) is 6.54 Å². The van der Waals surface area contributed by atoms with Gasteiger partial charge >= 0.3 is 0 Å². The predicted molar refractivity (Wildman–Crippen MR) is 73.0 cm³/mol. The van der Waals surface area contributed by atoms with Gasteiger partial charge in [0.25, 0.3) is 0 Å². The van der Waals surface area contributed by atoms with E-state index in [-0.39, 0.29) is 0 Å². The Balaban J connectivity index is 1.73. The van der Waals surface area contributed by atoms with Gasteiger partial charge in [0.2, 0.25) is 0 Å². The van der Waals surface area contributed by atoms with Crippen LogP contribution in [0, 0.1) is 5.41 Å². The summed E-state index contributed by atoms with van der Waals surface area (Å²) in [5.74, 6) is 0. The van der Waals surface area contributed by atoms with Crippen LogP contribution < -0.4 is 5.32 Å². The smallest absolute Gasteiger partial charge is 0.0220 e. The van der Waals surface area contributed by atoms with Gasteiger partial charge in [-0.15, -0.1) is 0 Å². The quantitative estimate of drug-likeness (QED) is 0.796. The van der Waals surface area contributed by atoms with Crippen molar-refractivity contribution in [1.29, 1.82) is 0 Å². The maximum absolute atomic E-state index is 3.63. The van der Waals surface area contributed by atoms with Gasteiger partial charge in [0.1, 0.15) is 0 Å². The molecule has 17 heavy (non-hydrogen) atoms. The summed E-state index contributed by atoms with van der Waals surface area (Å²) in [6.45, 7) is 7.98. The maximum Gasteiger partial charge on any atom is 0.0220 e. The third-order valence-corrected chi connectivity index (χ3v) is 3.99. The van der Waals surface area contributed by atoms with E-state index in [4.69, 9.17) is 0 Å². The van der Waals surface area contributed by atoms with E-state index in [1.54, 1.807) is 0 Å². The molecule has 0 amide bonds. The van der Waals surface area contributed by atoms with Crippen molar-refractivity contribution in [3.05, 3.63) is 24.0 Å². The minimum Gasteiger partial charge on any atom is -0.354 e. The number of nitrogens with zero attached hydrogens (tertiary/aromatic N) is 1. The fourth-order valence-corrected chi connectivity index (χ4v) is 2.91. The van der Waals surface area contributed by atoms with Gasteiger partial charge < -0.3 is 9.88 Å². The molecule has 0 unspecified atom stereocenters. The lowest BCUT2D eigenvalue weighted by atomic mass is 9.89. The first-order chi connectivity index (χ1) is 8.22. The molecular formula is C15H26N2. The molecule has 0 bridgehead atoms. The van der Waals surface area contributed by atoms with E-state index in [0.29, 0.717) is 5.41 Å². The minimum atomic E-state index is 0.561. The summed E-state index contributed by atoms with van der Waals surface area (Å²) in [4.78, 5) is 0. The van der Waals surface area contributed by atoms with E-state index in [1.807, 2.05) is 0 Å². The summed E-state index contributed by atoms with van der Waals surface area (Å²) in [7, 11) is 0. The van der Waals surface area contributed by atoms with Crippen LogP contribution >= 0.6 is 0 Å². The summed E-state index contributed by atoms with van der Waals surface area (Å²) in [6, 6.07) is 2.24. The average Bonchev–Trinajstić information content (AvgIpc) is 2.90. The number of aromatic nitrogens is 1. The van der Waals surface area contributed by atoms with Crippen LogP contribution in [0.15, 0.2) is 18.5 Å². The van der Waals surface area contributed by atoms with E-state index in [1.165, 1.54) is 44.2 Å². The molecular weight excluding hydrogens is 208 g/mol. The van der Waals surface area contributed by atoms with E-state index < -0.39 is 0 Å². The molecule has 0 saturated heterocycles. The molecule has 2 heteroatoms. The summed E-state index contributed by atoms with van der Waals surface area (Å²) < 4.78 is 2.29. The molecule has 0 radical (unpaired) electrons. The van der Waals surface area contributed by atoms with Crippen molar-refractivity contribution in [3.63, 3.8) is 0 Å². The largest absolute Gasteiger partial charge is 0.354 e. The van der Waals surface area contributed by atoms with Crippen LogP contribution in [0.5, 0.6) is 0 Å². The van der Waals surface area contributed by atoms with E-state index >= 15 is 0 Å². The molecule has 0 aliphatic heterocycles. The normalized spacial score (nSPS) is 18.7. The fraction of sp³-hybridized carbons (Fsp3) is 0.733. The molecule has 1 aromatic rings. The SMILES string of the molecule is CCCn1ccc(CNCC2(C)CCCC2)c1. The molecule has 1 fully saturated rings. The monoisotopic (exact) mass is 234 g/mol. The third-order valence-electron chi connectivity index (χ3n) is 3.99. The maximum atomic E-state index is 3.63. The Labute approximate surface area is 105 Å². The topological polar surface area (TPSA) is 17.0 Å². The van der Waals surface area contributed by atoms with Crippen LogP contribution in [-0.2, 0) is 13.1 Å². The Morgan fingerprint density at radius 1 is 1.35 bits per heavy atom. The highest BCUT2D eigenvalue weighted by molar-refractivity contribution is 5.10. The van der Waals surface area contributed by atoms with E-state index in [0.717, 1.165) is 13.1 Å². The van der Waals surface area contributed by atoms with Crippen molar-refractivity contribution < 1.29 is 0 Å². The van der Waals surface area contributed by atoms with Crippen molar-refractivity contribution in [1.82, 2.24) is 9.88 Å². The van der Waals surface area contributed by atoms with Crippen LogP contribution in [0.4, 0.5) is 0 Å². The second kappa shape index (κ2) is 5.72. The predicted octanol–water partition coefficient (Wildman–Crippen LogP) is 3.57. The minimum absolute atomic E-state index is 0.561. The number of hydrogen-bond donors (Lipinski definition) is 1. The fourth-order valence-electron chi connectivity index (χ4n) is 2.91. The first-order valence-corrected chi connectivity index (χ1v) is 7.07. The third kappa shape index (κ3) is 3.60. The Bertz CT molecular complexity index is 334. The standard InChI is InChI=1S/C15H26N2/c1-3-9-17-10-6-14(12-17)11-16-13-15(2)7-4-5-8-15/h6,10,12,16H,3-5,7-9,11,13H2,1-2H3. The molecule has 1 aromatic heterocycles. The highest BCUT2D eigenvalue weighted by atomic mass is 14.9. The average molecular weight is 234 g/mol. The van der Waals surface area contributed by atoms with Crippen LogP contribution in [0.3, 0.4) is 0 Å². The number of nitrogens with one attached hydrogen (secondary N) is 1. The van der Waals surface area contributed by atoms with Gasteiger partial charge in [0.05, 0.1) is 0 Å². The van der Waals surface area contributed by atoms with Gasteiger partial charge in [-0.25, -0.2) is 0 Å². The molecule has 0 atom stereocenters. The van der Waals surface area contributed by atoms with Crippen molar-refractivity contribution >= 4 is 0 Å². The van der Waals surface area contributed by atoms with E-state index in [2.05, 4.69) is 42.2 Å². The van der Waals surface area contributed by atoms with E-state index in [9.17, 15) is 0 Å². The molecule has 1 saturated carbocycles. The second-order valence-corrected chi connectivity index (χ2v) is 5.88. The van der Waals surface area contributed by atoms with Crippen LogP contribution in [0.25, 0.3) is 0 Å². The second-order valence-electron chi connectivity index (χ2n) is 5.88. The van der Waals surface area contributed by atoms with Crippen LogP contribution in [0.2, 0.25) is 0 Å². The van der Waals surface area contributed by atoms with Crippen LogP contribution in [0.1, 0.15) is 51.5 Å². The highest BCUT2D eigenvalue weighted by Gasteiger charge is 2.27. The van der Waals surface area contributed by atoms with Gasteiger partial charge in [0.15, 0.2) is 0 Å². The summed E-state index contributed by atoms with van der Waals surface area (Å²) >= 11 is 0. The Morgan fingerprint density at radius 3 is 2.82 bits per heavy atom. The molecule has 2 rings (SSSR count). The summed E-state index contributed by atoms with van der Waals surface area (Å²) in [6.07, 6.45) is 11.3. The van der Waals surface area contributed by atoms with Crippen molar-refractivity contribution in [2.24, 2.45) is 5.41 Å². The molecule has 0 aromatic carbocycles. The van der Waals surface area contributed by atoms with Crippen molar-refractivity contribution in [2.45, 2.75) is 59.0 Å². The molecule has 0 spiro atoms. The van der Waals surface area contributed by atoms with Gasteiger partial charge in [-0.05, 0) is 36.3 Å². The summed E-state index contributed by atoms with van der Waals surface area (Å²) in [5.41, 5.74) is 1.98. The van der Waals surface area contributed by atoms with Gasteiger partial charge in [0, 0.05) is 32.0 Å². The number of rotatable bonds is 6. The zero-order valence-corrected chi connectivity index (χ0v) is 11.3. The van der Waals surface area contributed by atoms with Crippen LogP contribution in [-0.4, -0.2) is 11.1 Å². The van der Waals surface area contributed by atoms with Crippen molar-refractivity contribution in [3.8, 4) is 0 Å². The Hall–Kier alpha value is -0.760. The van der Waals surface area contributed by atoms with Gasteiger partial charge in [-0.3, -0.25) is 0 Å². The molecule has 2 nitrogen and oxygen atoms in total. The lowest BCUT2D eigenvalue weighted by Gasteiger charge is -2.23. The zero-order valence-electron chi connectivity index (χ0n) is 11.3. The lowest BCUT2D eigenvalue weighted by Crippen LogP contribution is -2.29. The van der Waals surface area contributed by atoms with Gasteiger partial charge in [-0.1, -0.05) is 26.7 Å². The molecule has 1 heterocycles. The summed E-state index contributed by atoms with van der Waals surface area (Å²) in [5, 5.41) is 3.63. The first kappa shape index (κ1) is 12.7. The lowest BCUT2D eigenvalue weighted by molar-refractivity contribution is 0.314. The first-order valence-electron chi connectivity index (χ1n) is 7.07. The molecule has 1 aliphatic carbocycles. The molecule has 96 valence electrons. The molecule has 1 aliphatic rings. The zero-order chi connectivity index (χ0) is 12.1. The number of hydrogen-bond acceptors (Lipinski definition) is 1.